The van der Waals surface area contributed by atoms with Crippen LogP contribution in [0, 0.1) is 0 Å². The lowest BCUT2D eigenvalue weighted by Crippen LogP contribution is -2.39. The van der Waals surface area contributed by atoms with Crippen LogP contribution in [0.2, 0.25) is 0 Å². The summed E-state index contributed by atoms with van der Waals surface area (Å²) in [6.07, 6.45) is 1.76. The van der Waals surface area contributed by atoms with E-state index in [9.17, 15) is 4.57 Å². The Labute approximate surface area is 203 Å². The third-order valence-corrected chi connectivity index (χ3v) is 12.1. The highest BCUT2D eigenvalue weighted by Crippen LogP contribution is 2.69. The van der Waals surface area contributed by atoms with Crippen LogP contribution in [-0.2, 0) is 17.7 Å². The second-order valence-corrected chi connectivity index (χ2v) is 14.1. The zero-order valence-electron chi connectivity index (χ0n) is 18.6. The summed E-state index contributed by atoms with van der Waals surface area (Å²) in [6.45, 7) is 1.41. The lowest BCUT2D eigenvalue weighted by atomic mass is 9.89. The second-order valence-electron chi connectivity index (χ2n) is 9.36. The Morgan fingerprint density at radius 1 is 0.667 bits per heavy atom. The van der Waals surface area contributed by atoms with Gasteiger partial charge in [0.2, 0.25) is 0 Å². The molecule has 6 rings (SSSR count). The zero-order chi connectivity index (χ0) is 22.4. The molecule has 2 aliphatic rings. The molecule has 1 heterocycles. The van der Waals surface area contributed by atoms with Crippen molar-refractivity contribution in [2.45, 2.75) is 50.9 Å². The predicted octanol–water partition coefficient (Wildman–Crippen LogP) is 8.13. The molecule has 4 aromatic rings. The van der Waals surface area contributed by atoms with Gasteiger partial charge in [0.05, 0.1) is 0 Å². The molecule has 33 heavy (non-hydrogen) atoms. The molecule has 5 heteroatoms. The highest BCUT2D eigenvalue weighted by Gasteiger charge is 2.53. The first-order valence-electron chi connectivity index (χ1n) is 11.9. The monoisotopic (exact) mass is 518 g/mol. The van der Waals surface area contributed by atoms with Crippen molar-refractivity contribution in [3.05, 3.63) is 96.1 Å². The first-order chi connectivity index (χ1) is 16.1. The van der Waals surface area contributed by atoms with Crippen molar-refractivity contribution in [3.63, 3.8) is 0 Å². The summed E-state index contributed by atoms with van der Waals surface area (Å²) in [4.78, 5) is 0. The number of nitrogens with zero attached hydrogens (tertiary/aromatic N) is 2. The van der Waals surface area contributed by atoms with Gasteiger partial charge in [-0.15, -0.1) is 0 Å². The van der Waals surface area contributed by atoms with Crippen molar-refractivity contribution in [2.24, 2.45) is 0 Å². The van der Waals surface area contributed by atoms with Crippen LogP contribution in [0.15, 0.2) is 84.9 Å². The molecule has 0 aromatic heterocycles. The van der Waals surface area contributed by atoms with Gasteiger partial charge in [-0.1, -0.05) is 97.8 Å². The second kappa shape index (κ2) is 8.67. The molecule has 3 nitrogen and oxygen atoms in total. The van der Waals surface area contributed by atoms with Gasteiger partial charge in [-0.3, -0.25) is 4.57 Å². The van der Waals surface area contributed by atoms with Crippen LogP contribution in [0.1, 0.15) is 36.8 Å². The maximum Gasteiger partial charge on any atom is 0.280 e. The maximum absolute atomic E-state index is 14.5. The van der Waals surface area contributed by atoms with Crippen LogP contribution in [0.3, 0.4) is 0 Å². The van der Waals surface area contributed by atoms with E-state index < -0.39 is 6.15 Å². The lowest BCUT2D eigenvalue weighted by molar-refractivity contribution is 0.198. The van der Waals surface area contributed by atoms with Crippen LogP contribution in [-0.4, -0.2) is 21.4 Å². The number of benzene rings is 4. The average Bonchev–Trinajstić information content (AvgIpc) is 3.06. The third-order valence-electron chi connectivity index (χ3n) is 7.52. The van der Waals surface area contributed by atoms with E-state index >= 15 is 0 Å². The first-order valence-corrected chi connectivity index (χ1v) is 15.5. The molecule has 2 atom stereocenters. The van der Waals surface area contributed by atoms with Crippen LogP contribution in [0.5, 0.6) is 0 Å². The Hall–Kier alpha value is -1.97. The number of hydrogen-bond acceptors (Lipinski definition) is 1. The summed E-state index contributed by atoms with van der Waals surface area (Å²) in [5.74, 6) is 0. The molecule has 0 radical (unpaired) electrons. The molecule has 4 aromatic carbocycles. The SMILES string of the molecule is O=P1(Br)N(Cc2cccc3ccccc23)[C@@H]2CCCC[C@H]2N1Cc1cccc2ccccc12. The Bertz CT molecular complexity index is 1260. The predicted molar refractivity (Wildman–Crippen MR) is 142 cm³/mol. The van der Waals surface area contributed by atoms with E-state index in [0.717, 1.165) is 12.8 Å². The van der Waals surface area contributed by atoms with Crippen molar-refractivity contribution < 1.29 is 4.57 Å². The number of hydrogen-bond donors (Lipinski definition) is 0. The topological polar surface area (TPSA) is 23.6 Å². The van der Waals surface area contributed by atoms with Gasteiger partial charge >= 0.3 is 0 Å². The number of fused-ring (bicyclic) bond motifs is 3. The number of rotatable bonds is 4. The van der Waals surface area contributed by atoms with Gasteiger partial charge in [0.25, 0.3) is 6.15 Å². The molecule has 0 bridgehead atoms. The quantitative estimate of drug-likeness (QED) is 0.255. The lowest BCUT2D eigenvalue weighted by Gasteiger charge is -2.31. The van der Waals surface area contributed by atoms with E-state index in [2.05, 4.69) is 110 Å². The third kappa shape index (κ3) is 3.78. The normalized spacial score (nSPS) is 23.2. The fourth-order valence-electron chi connectivity index (χ4n) is 5.92. The Morgan fingerprint density at radius 2 is 1.09 bits per heavy atom. The molecule has 1 aliphatic heterocycles. The largest absolute Gasteiger partial charge is 0.280 e. The molecule has 2 fully saturated rings. The fourth-order valence-corrected chi connectivity index (χ4v) is 10.2. The standard InChI is InChI=1S/C28H28BrN2OP/c29-33(32)30(19-23-13-7-11-21-9-1-3-15-25(21)23)27-17-5-6-18-28(27)31(33)20-24-14-8-12-22-10-2-4-16-26(22)24/h1-4,7-16,27-28H,5-6,17-20H2/t27-,28-/m1/s1. The van der Waals surface area contributed by atoms with Gasteiger partial charge in [-0.2, -0.15) is 0 Å². The first kappa shape index (κ1) is 21.6. The van der Waals surface area contributed by atoms with Crippen molar-refractivity contribution in [1.29, 1.82) is 0 Å². The van der Waals surface area contributed by atoms with Crippen molar-refractivity contribution in [3.8, 4) is 0 Å². The minimum Gasteiger partial charge on any atom is -0.276 e. The van der Waals surface area contributed by atoms with Crippen molar-refractivity contribution in [1.82, 2.24) is 9.34 Å². The molecule has 0 amide bonds. The van der Waals surface area contributed by atoms with Crippen LogP contribution >= 0.6 is 21.6 Å². The van der Waals surface area contributed by atoms with Gasteiger partial charge in [0, 0.05) is 40.7 Å². The Morgan fingerprint density at radius 3 is 1.58 bits per heavy atom. The summed E-state index contributed by atoms with van der Waals surface area (Å²) in [5.41, 5.74) is 2.51. The van der Waals surface area contributed by atoms with Gasteiger partial charge < -0.3 is 0 Å². The van der Waals surface area contributed by atoms with E-state index in [1.165, 1.54) is 45.5 Å². The smallest absolute Gasteiger partial charge is 0.276 e. The van der Waals surface area contributed by atoms with Gasteiger partial charge in [0.1, 0.15) is 0 Å². The molecule has 168 valence electrons. The molecule has 0 unspecified atom stereocenters. The molecule has 0 N–H and O–H groups in total. The van der Waals surface area contributed by atoms with E-state index in [1.54, 1.807) is 0 Å². The van der Waals surface area contributed by atoms with Gasteiger partial charge in [-0.25, -0.2) is 9.34 Å². The van der Waals surface area contributed by atoms with Gasteiger partial charge in [-0.05, 0) is 45.5 Å². The van der Waals surface area contributed by atoms with E-state index in [0.29, 0.717) is 25.2 Å². The average molecular weight is 519 g/mol. The minimum atomic E-state index is -2.88. The Balaban J connectivity index is 1.38. The van der Waals surface area contributed by atoms with Crippen LogP contribution < -0.4 is 0 Å². The molecular weight excluding hydrogens is 491 g/mol. The summed E-state index contributed by atoms with van der Waals surface area (Å²) in [7, 11) is 0. The highest BCUT2D eigenvalue weighted by molar-refractivity contribution is 9.39. The molecule has 1 saturated carbocycles. The van der Waals surface area contributed by atoms with Crippen LogP contribution in [0.4, 0.5) is 0 Å². The molecule has 1 saturated heterocycles. The maximum atomic E-state index is 14.5. The highest BCUT2D eigenvalue weighted by atomic mass is 79.9. The van der Waals surface area contributed by atoms with Crippen LogP contribution in [0.25, 0.3) is 21.5 Å². The summed E-state index contributed by atoms with van der Waals surface area (Å²) >= 11 is 3.82. The van der Waals surface area contributed by atoms with E-state index in [1.807, 2.05) is 0 Å². The summed E-state index contributed by atoms with van der Waals surface area (Å²) in [6, 6.07) is 30.6. The Kier molecular flexibility index (Phi) is 5.66. The zero-order valence-corrected chi connectivity index (χ0v) is 21.1. The minimum absolute atomic E-state index is 0.318. The molecular formula is C28H28BrN2OP. The van der Waals surface area contributed by atoms with Crippen molar-refractivity contribution in [2.75, 3.05) is 0 Å². The van der Waals surface area contributed by atoms with Crippen molar-refractivity contribution >= 4 is 43.2 Å². The molecule has 1 aliphatic carbocycles. The number of halogens is 1. The summed E-state index contributed by atoms with van der Waals surface area (Å²) in [5, 5.41) is 5.00. The fraction of sp³-hybridized carbons (Fsp3) is 0.286. The van der Waals surface area contributed by atoms with Gasteiger partial charge in [0.15, 0.2) is 0 Å². The molecule has 0 spiro atoms. The van der Waals surface area contributed by atoms with E-state index in [4.69, 9.17) is 0 Å². The summed E-state index contributed by atoms with van der Waals surface area (Å²) < 4.78 is 19.1. The van der Waals surface area contributed by atoms with E-state index in [-0.39, 0.29) is 0 Å².